The molecule has 0 aliphatic rings. The molecule has 1 unspecified atom stereocenters. The molecule has 0 N–H and O–H groups in total. The van der Waals surface area contributed by atoms with E-state index in [1.54, 1.807) is 18.2 Å². The quantitative estimate of drug-likeness (QED) is 0.437. The number of methoxy groups -OCH3 is 1. The van der Waals surface area contributed by atoms with E-state index in [4.69, 9.17) is 4.74 Å². The fourth-order valence-corrected chi connectivity index (χ4v) is 2.98. The van der Waals surface area contributed by atoms with E-state index in [1.165, 1.54) is 19.2 Å². The van der Waals surface area contributed by atoms with Gasteiger partial charge in [-0.25, -0.2) is 13.2 Å². The summed E-state index contributed by atoms with van der Waals surface area (Å²) < 4.78 is 37.8. The van der Waals surface area contributed by atoms with E-state index in [-0.39, 0.29) is 22.6 Å². The molecule has 7 heteroatoms. The van der Waals surface area contributed by atoms with Crippen LogP contribution in [0.3, 0.4) is 0 Å². The van der Waals surface area contributed by atoms with Gasteiger partial charge in [0.05, 0.1) is 17.6 Å². The Morgan fingerprint density at radius 3 is 2.19 bits per heavy atom. The summed E-state index contributed by atoms with van der Waals surface area (Å²) >= 11 is 0. The van der Waals surface area contributed by atoms with Gasteiger partial charge in [-0.1, -0.05) is 19.9 Å². The molecule has 138 valence electrons. The Kier molecular flexibility index (Phi) is 5.94. The molecule has 2 aromatic rings. The normalized spacial score (nSPS) is 12.5. The van der Waals surface area contributed by atoms with Crippen molar-refractivity contribution in [2.45, 2.75) is 31.1 Å². The molecule has 0 radical (unpaired) electrons. The molecule has 1 atom stereocenters. The van der Waals surface area contributed by atoms with Crippen LogP contribution in [0, 0.1) is 0 Å². The summed E-state index contributed by atoms with van der Waals surface area (Å²) in [6.45, 7) is 4.03. The van der Waals surface area contributed by atoms with Crippen LogP contribution in [0.4, 0.5) is 0 Å². The number of rotatable bonds is 6. The van der Waals surface area contributed by atoms with Gasteiger partial charge in [0, 0.05) is 11.1 Å². The molecule has 0 bridgehead atoms. The Balaban J connectivity index is 2.49. The Bertz CT molecular complexity index is 929. The monoisotopic (exact) mass is 375 g/mol. The molecule has 0 amide bonds. The lowest BCUT2D eigenvalue weighted by atomic mass is 9.91. The van der Waals surface area contributed by atoms with Crippen molar-refractivity contribution in [3.05, 3.63) is 64.7 Å². The maximum absolute atomic E-state index is 12.8. The highest BCUT2D eigenvalue weighted by molar-refractivity contribution is 7.85. The summed E-state index contributed by atoms with van der Waals surface area (Å²) in [5, 5.41) is 0. The third-order valence-electron chi connectivity index (χ3n) is 4.28. The van der Waals surface area contributed by atoms with Gasteiger partial charge in [-0.3, -0.25) is 4.79 Å². The van der Waals surface area contributed by atoms with Gasteiger partial charge in [0.15, 0.2) is 5.78 Å². The molecule has 0 aliphatic heterocycles. The largest absolute Gasteiger partial charge is 0.744 e. The van der Waals surface area contributed by atoms with Crippen LogP contribution in [0.5, 0.6) is 0 Å². The first kappa shape index (κ1) is 19.8. The number of hydrogen-bond donors (Lipinski definition) is 0. The highest BCUT2D eigenvalue weighted by atomic mass is 32.2. The number of carbonyl (C=O) groups is 2. The second-order valence-corrected chi connectivity index (χ2v) is 7.29. The first-order valence-electron chi connectivity index (χ1n) is 8.02. The summed E-state index contributed by atoms with van der Waals surface area (Å²) in [6.07, 6.45) is 0.874. The Morgan fingerprint density at radius 1 is 1.08 bits per heavy atom. The van der Waals surface area contributed by atoms with E-state index in [1.807, 2.05) is 13.8 Å². The fraction of sp³-hybridized carbons (Fsp3) is 0.263. The molecule has 2 rings (SSSR count). The van der Waals surface area contributed by atoms with Crippen LogP contribution in [0.1, 0.15) is 58.0 Å². The third-order valence-corrected chi connectivity index (χ3v) is 5.13. The number of hydrogen-bond acceptors (Lipinski definition) is 6. The van der Waals surface area contributed by atoms with Crippen molar-refractivity contribution in [1.29, 1.82) is 0 Å². The van der Waals surface area contributed by atoms with Crippen LogP contribution >= 0.6 is 0 Å². The predicted molar refractivity (Wildman–Crippen MR) is 94.3 cm³/mol. The zero-order valence-electron chi connectivity index (χ0n) is 14.7. The molecule has 0 spiro atoms. The minimum atomic E-state index is -4.59. The first-order chi connectivity index (χ1) is 12.2. The van der Waals surface area contributed by atoms with Crippen molar-refractivity contribution in [3.63, 3.8) is 0 Å². The average Bonchev–Trinajstić information content (AvgIpc) is 2.65. The molecular weight excluding hydrogens is 356 g/mol. The Labute approximate surface area is 152 Å². The fourth-order valence-electron chi connectivity index (χ4n) is 2.51. The van der Waals surface area contributed by atoms with Gasteiger partial charge in [0.2, 0.25) is 0 Å². The van der Waals surface area contributed by atoms with E-state index in [9.17, 15) is 22.6 Å². The molecule has 0 aromatic heterocycles. The predicted octanol–water partition coefficient (Wildman–Crippen LogP) is 3.12. The number of ketones is 1. The second-order valence-electron chi connectivity index (χ2n) is 5.91. The van der Waals surface area contributed by atoms with Crippen molar-refractivity contribution in [2.75, 3.05) is 7.11 Å². The van der Waals surface area contributed by atoms with Gasteiger partial charge in [0.1, 0.15) is 10.1 Å². The second kappa shape index (κ2) is 7.80. The summed E-state index contributed by atoms with van der Waals surface area (Å²) in [5.41, 5.74) is 1.38. The number of ether oxygens (including phenoxy) is 1. The summed E-state index contributed by atoms with van der Waals surface area (Å²) in [7, 11) is -3.35. The molecule has 2 aromatic carbocycles. The lowest BCUT2D eigenvalue weighted by Crippen LogP contribution is -2.13. The first-order valence-corrected chi connectivity index (χ1v) is 9.42. The summed E-state index contributed by atoms with van der Waals surface area (Å²) in [4.78, 5) is 24.5. The SMILES string of the molecule is CCC(C)c1ccc(C(=O)c2ccc(S(=O)(=O)[O-])cc2)c(C(=O)OC)c1. The zero-order chi connectivity index (χ0) is 19.5. The third kappa shape index (κ3) is 4.17. The molecule has 26 heavy (non-hydrogen) atoms. The van der Waals surface area contributed by atoms with Gasteiger partial charge in [-0.15, -0.1) is 0 Å². The highest BCUT2D eigenvalue weighted by Gasteiger charge is 2.21. The number of benzene rings is 2. The minimum absolute atomic E-state index is 0.149. The zero-order valence-corrected chi connectivity index (χ0v) is 15.5. The van der Waals surface area contributed by atoms with E-state index < -0.39 is 26.8 Å². The van der Waals surface area contributed by atoms with Crippen LogP contribution in [-0.2, 0) is 14.9 Å². The maximum atomic E-state index is 12.8. The van der Waals surface area contributed by atoms with Crippen molar-refractivity contribution in [2.24, 2.45) is 0 Å². The topological polar surface area (TPSA) is 101 Å². The van der Waals surface area contributed by atoms with Gasteiger partial charge in [-0.2, -0.15) is 0 Å². The van der Waals surface area contributed by atoms with Crippen LogP contribution in [0.25, 0.3) is 0 Å². The summed E-state index contributed by atoms with van der Waals surface area (Å²) in [6, 6.07) is 9.62. The van der Waals surface area contributed by atoms with Crippen molar-refractivity contribution < 1.29 is 27.3 Å². The van der Waals surface area contributed by atoms with E-state index >= 15 is 0 Å². The van der Waals surface area contributed by atoms with Gasteiger partial charge >= 0.3 is 5.97 Å². The van der Waals surface area contributed by atoms with Crippen molar-refractivity contribution in [3.8, 4) is 0 Å². The van der Waals surface area contributed by atoms with E-state index in [2.05, 4.69) is 0 Å². The lowest BCUT2D eigenvalue weighted by Gasteiger charge is -2.14. The van der Waals surface area contributed by atoms with Crippen molar-refractivity contribution in [1.82, 2.24) is 0 Å². The Hall–Kier alpha value is -2.51. The maximum Gasteiger partial charge on any atom is 0.338 e. The molecule has 0 aliphatic carbocycles. The van der Waals surface area contributed by atoms with Crippen LogP contribution in [0.2, 0.25) is 0 Å². The molecule has 6 nitrogen and oxygen atoms in total. The standard InChI is InChI=1S/C19H20O6S/c1-4-12(2)14-7-10-16(17(11-14)19(21)25-3)18(20)13-5-8-15(9-6-13)26(22,23)24/h5-12H,4H2,1-3H3,(H,22,23,24)/p-1. The molecule has 0 saturated carbocycles. The van der Waals surface area contributed by atoms with E-state index in [0.717, 1.165) is 24.1 Å². The van der Waals surface area contributed by atoms with Crippen LogP contribution < -0.4 is 0 Å². The molecular formula is C19H19O6S-. The van der Waals surface area contributed by atoms with Gasteiger partial charge in [0.25, 0.3) is 0 Å². The van der Waals surface area contributed by atoms with Crippen LogP contribution in [-0.4, -0.2) is 31.8 Å². The number of carbonyl (C=O) groups excluding carboxylic acids is 2. The van der Waals surface area contributed by atoms with Gasteiger partial charge < -0.3 is 9.29 Å². The van der Waals surface area contributed by atoms with Crippen molar-refractivity contribution >= 4 is 21.9 Å². The minimum Gasteiger partial charge on any atom is -0.744 e. The Morgan fingerprint density at radius 2 is 1.69 bits per heavy atom. The molecule has 0 fully saturated rings. The van der Waals surface area contributed by atoms with E-state index in [0.29, 0.717) is 0 Å². The van der Waals surface area contributed by atoms with Crippen LogP contribution in [0.15, 0.2) is 47.4 Å². The molecule has 0 saturated heterocycles. The molecule has 0 heterocycles. The lowest BCUT2D eigenvalue weighted by molar-refractivity contribution is 0.0597. The summed E-state index contributed by atoms with van der Waals surface area (Å²) in [5.74, 6) is -0.877. The highest BCUT2D eigenvalue weighted by Crippen LogP contribution is 2.24. The number of esters is 1. The van der Waals surface area contributed by atoms with Gasteiger partial charge in [-0.05, 0) is 54.3 Å². The smallest absolute Gasteiger partial charge is 0.338 e. The average molecular weight is 375 g/mol.